The molecule has 176 valence electrons. The fourth-order valence-corrected chi connectivity index (χ4v) is 4.42. The van der Waals surface area contributed by atoms with E-state index in [2.05, 4.69) is 17.0 Å². The van der Waals surface area contributed by atoms with Crippen LogP contribution in [-0.2, 0) is 17.9 Å². The number of rotatable bonds is 5. The maximum atomic E-state index is 13.4. The van der Waals surface area contributed by atoms with Gasteiger partial charge < -0.3 is 24.0 Å². The van der Waals surface area contributed by atoms with Crippen molar-refractivity contribution in [1.82, 2.24) is 14.7 Å². The van der Waals surface area contributed by atoms with Crippen LogP contribution in [0, 0.1) is 0 Å². The minimum absolute atomic E-state index is 0.118. The Morgan fingerprint density at radius 3 is 2.45 bits per heavy atom. The van der Waals surface area contributed by atoms with Gasteiger partial charge in [-0.2, -0.15) is 0 Å². The standard InChI is InChI=1S/C25H31N3O5/c1-18(29)27-11-9-26(10-12-27)16-19-7-8-22-20(15-19)17-28(13-14-33-22)25(30)21-5-4-6-23(31-2)24(21)32-3/h4-8,15H,9-14,16-17H2,1-3H3. The average molecular weight is 454 g/mol. The van der Waals surface area contributed by atoms with Gasteiger partial charge in [0, 0.05) is 51.8 Å². The van der Waals surface area contributed by atoms with Crippen molar-refractivity contribution in [1.29, 1.82) is 0 Å². The number of methoxy groups -OCH3 is 2. The lowest BCUT2D eigenvalue weighted by Gasteiger charge is -2.34. The zero-order chi connectivity index (χ0) is 23.4. The number of para-hydroxylation sites is 1. The predicted octanol–water partition coefficient (Wildman–Crippen LogP) is 2.40. The monoisotopic (exact) mass is 453 g/mol. The Morgan fingerprint density at radius 1 is 0.970 bits per heavy atom. The number of amides is 2. The van der Waals surface area contributed by atoms with E-state index in [0.717, 1.165) is 44.0 Å². The highest BCUT2D eigenvalue weighted by Gasteiger charge is 2.25. The molecule has 0 aliphatic carbocycles. The number of benzene rings is 2. The molecule has 4 rings (SSSR count). The van der Waals surface area contributed by atoms with Gasteiger partial charge in [-0.25, -0.2) is 0 Å². The topological polar surface area (TPSA) is 71.5 Å². The van der Waals surface area contributed by atoms with E-state index in [4.69, 9.17) is 14.2 Å². The van der Waals surface area contributed by atoms with Gasteiger partial charge in [-0.05, 0) is 29.8 Å². The van der Waals surface area contributed by atoms with Crippen molar-refractivity contribution < 1.29 is 23.8 Å². The van der Waals surface area contributed by atoms with E-state index < -0.39 is 0 Å². The Bertz CT molecular complexity index is 1020. The molecule has 0 atom stereocenters. The average Bonchev–Trinajstić information content (AvgIpc) is 3.05. The number of hydrogen-bond acceptors (Lipinski definition) is 6. The maximum Gasteiger partial charge on any atom is 0.258 e. The number of carbonyl (C=O) groups is 2. The number of fused-ring (bicyclic) bond motifs is 1. The molecule has 0 bridgehead atoms. The van der Waals surface area contributed by atoms with Crippen molar-refractivity contribution in [2.45, 2.75) is 20.0 Å². The number of ether oxygens (including phenoxy) is 3. The lowest BCUT2D eigenvalue weighted by Crippen LogP contribution is -2.47. The zero-order valence-corrected chi connectivity index (χ0v) is 19.5. The van der Waals surface area contributed by atoms with Crippen LogP contribution >= 0.6 is 0 Å². The Kier molecular flexibility index (Phi) is 7.03. The van der Waals surface area contributed by atoms with Crippen molar-refractivity contribution in [3.05, 3.63) is 53.1 Å². The normalized spacial score (nSPS) is 16.5. The third-order valence-electron chi connectivity index (χ3n) is 6.25. The van der Waals surface area contributed by atoms with Crippen molar-refractivity contribution >= 4 is 11.8 Å². The summed E-state index contributed by atoms with van der Waals surface area (Å²) in [5.41, 5.74) is 2.63. The van der Waals surface area contributed by atoms with Crippen molar-refractivity contribution in [3.63, 3.8) is 0 Å². The summed E-state index contributed by atoms with van der Waals surface area (Å²) in [6, 6.07) is 11.5. The van der Waals surface area contributed by atoms with Crippen LogP contribution in [0.25, 0.3) is 0 Å². The predicted molar refractivity (Wildman–Crippen MR) is 124 cm³/mol. The molecule has 33 heavy (non-hydrogen) atoms. The summed E-state index contributed by atoms with van der Waals surface area (Å²) in [6.45, 7) is 7.02. The first-order valence-corrected chi connectivity index (χ1v) is 11.2. The van der Waals surface area contributed by atoms with Crippen molar-refractivity contribution in [3.8, 4) is 17.2 Å². The molecule has 2 aliphatic rings. The summed E-state index contributed by atoms with van der Waals surface area (Å²) in [4.78, 5) is 31.0. The molecule has 8 nitrogen and oxygen atoms in total. The van der Waals surface area contributed by atoms with Crippen LogP contribution in [-0.4, -0.2) is 80.1 Å². The molecule has 2 heterocycles. The minimum atomic E-state index is -0.118. The molecule has 0 unspecified atom stereocenters. The number of piperazine rings is 1. The first kappa shape index (κ1) is 22.9. The van der Waals surface area contributed by atoms with Gasteiger partial charge in [-0.3, -0.25) is 14.5 Å². The molecule has 0 radical (unpaired) electrons. The van der Waals surface area contributed by atoms with Gasteiger partial charge in [0.15, 0.2) is 11.5 Å². The van der Waals surface area contributed by atoms with Gasteiger partial charge in [0.05, 0.1) is 26.3 Å². The third kappa shape index (κ3) is 5.06. The summed E-state index contributed by atoms with van der Waals surface area (Å²) in [5, 5.41) is 0. The molecular weight excluding hydrogens is 422 g/mol. The van der Waals surface area contributed by atoms with E-state index in [0.29, 0.717) is 36.8 Å². The van der Waals surface area contributed by atoms with Crippen LogP contribution in [0.2, 0.25) is 0 Å². The molecular formula is C25H31N3O5. The first-order valence-electron chi connectivity index (χ1n) is 11.2. The summed E-state index contributed by atoms with van der Waals surface area (Å²) in [7, 11) is 3.10. The van der Waals surface area contributed by atoms with Crippen LogP contribution in [0.15, 0.2) is 36.4 Å². The van der Waals surface area contributed by atoms with E-state index in [1.807, 2.05) is 11.0 Å². The quantitative estimate of drug-likeness (QED) is 0.693. The largest absolute Gasteiger partial charge is 0.493 e. The van der Waals surface area contributed by atoms with Gasteiger partial charge in [0.1, 0.15) is 12.4 Å². The van der Waals surface area contributed by atoms with E-state index in [1.165, 1.54) is 12.7 Å². The van der Waals surface area contributed by atoms with Gasteiger partial charge in [-0.1, -0.05) is 12.1 Å². The highest BCUT2D eigenvalue weighted by Crippen LogP contribution is 2.33. The molecule has 2 aliphatic heterocycles. The van der Waals surface area contributed by atoms with Crippen LogP contribution in [0.4, 0.5) is 0 Å². The van der Waals surface area contributed by atoms with Gasteiger partial charge in [0.25, 0.3) is 5.91 Å². The van der Waals surface area contributed by atoms with Gasteiger partial charge >= 0.3 is 0 Å². The molecule has 0 spiro atoms. The number of carbonyl (C=O) groups excluding carboxylic acids is 2. The molecule has 0 aromatic heterocycles. The molecule has 2 aromatic carbocycles. The Hall–Kier alpha value is -3.26. The fraction of sp³-hybridized carbons (Fsp3) is 0.440. The van der Waals surface area contributed by atoms with Gasteiger partial charge in [-0.15, -0.1) is 0 Å². The number of hydrogen-bond donors (Lipinski definition) is 0. The number of nitrogens with zero attached hydrogens (tertiary/aromatic N) is 3. The summed E-state index contributed by atoms with van der Waals surface area (Å²) in [6.07, 6.45) is 0. The van der Waals surface area contributed by atoms with Gasteiger partial charge in [0.2, 0.25) is 5.91 Å². The van der Waals surface area contributed by atoms with E-state index in [1.54, 1.807) is 37.1 Å². The van der Waals surface area contributed by atoms with Crippen LogP contribution < -0.4 is 14.2 Å². The zero-order valence-electron chi connectivity index (χ0n) is 19.5. The maximum absolute atomic E-state index is 13.4. The van der Waals surface area contributed by atoms with Crippen LogP contribution in [0.5, 0.6) is 17.2 Å². The Morgan fingerprint density at radius 2 is 1.76 bits per heavy atom. The second kappa shape index (κ2) is 10.1. The first-order chi connectivity index (χ1) is 16.0. The van der Waals surface area contributed by atoms with E-state index in [9.17, 15) is 9.59 Å². The molecule has 0 saturated carbocycles. The van der Waals surface area contributed by atoms with Crippen molar-refractivity contribution in [2.75, 3.05) is 53.6 Å². The molecule has 2 amide bonds. The lowest BCUT2D eigenvalue weighted by molar-refractivity contribution is -0.130. The summed E-state index contributed by atoms with van der Waals surface area (Å²) >= 11 is 0. The second-order valence-electron chi connectivity index (χ2n) is 8.34. The fourth-order valence-electron chi connectivity index (χ4n) is 4.42. The SMILES string of the molecule is COc1cccc(C(=O)N2CCOc3ccc(CN4CCN(C(C)=O)CC4)cc3C2)c1OC. The van der Waals surface area contributed by atoms with Crippen molar-refractivity contribution in [2.24, 2.45) is 0 Å². The van der Waals surface area contributed by atoms with Crippen LogP contribution in [0.3, 0.4) is 0 Å². The molecule has 8 heteroatoms. The Balaban J connectivity index is 1.49. The van der Waals surface area contributed by atoms with Crippen LogP contribution in [0.1, 0.15) is 28.4 Å². The summed E-state index contributed by atoms with van der Waals surface area (Å²) < 4.78 is 16.8. The highest BCUT2D eigenvalue weighted by molar-refractivity contribution is 5.98. The molecule has 1 fully saturated rings. The second-order valence-corrected chi connectivity index (χ2v) is 8.34. The molecule has 1 saturated heterocycles. The molecule has 0 N–H and O–H groups in total. The van der Waals surface area contributed by atoms with E-state index >= 15 is 0 Å². The Labute approximate surface area is 194 Å². The summed E-state index contributed by atoms with van der Waals surface area (Å²) in [5.74, 6) is 1.80. The lowest BCUT2D eigenvalue weighted by atomic mass is 10.1. The smallest absolute Gasteiger partial charge is 0.258 e. The van der Waals surface area contributed by atoms with E-state index in [-0.39, 0.29) is 11.8 Å². The third-order valence-corrected chi connectivity index (χ3v) is 6.25. The minimum Gasteiger partial charge on any atom is -0.493 e. The molecule has 2 aromatic rings. The highest BCUT2D eigenvalue weighted by atomic mass is 16.5.